The summed E-state index contributed by atoms with van der Waals surface area (Å²) in [4.78, 5) is 11.1. The molecule has 0 amide bonds. The molecule has 2 N–H and O–H groups in total. The van der Waals surface area contributed by atoms with E-state index in [1.54, 1.807) is 13.1 Å². The van der Waals surface area contributed by atoms with E-state index in [1.165, 1.54) is 12.1 Å². The van der Waals surface area contributed by atoms with E-state index in [4.69, 9.17) is 5.11 Å². The zero-order valence-corrected chi connectivity index (χ0v) is 9.43. The van der Waals surface area contributed by atoms with Gasteiger partial charge in [-0.2, -0.15) is 0 Å². The third kappa shape index (κ3) is 3.30. The minimum Gasteiger partial charge on any atom is -0.478 e. The highest BCUT2D eigenvalue weighted by molar-refractivity contribution is 7.80. The smallest absolute Gasteiger partial charge is 0.335 e. The quantitative estimate of drug-likeness (QED) is 0.662. The van der Waals surface area contributed by atoms with Crippen LogP contribution in [0.15, 0.2) is 23.1 Å². The first-order chi connectivity index (χ1) is 6.65. The van der Waals surface area contributed by atoms with Crippen molar-refractivity contribution in [3.05, 3.63) is 23.8 Å². The normalized spacial score (nSPS) is 8.57. The Kier molecular flexibility index (Phi) is 5.79. The van der Waals surface area contributed by atoms with Gasteiger partial charge >= 0.3 is 5.97 Å². The lowest BCUT2D eigenvalue weighted by atomic mass is 10.2. The second-order valence-electron chi connectivity index (χ2n) is 2.29. The van der Waals surface area contributed by atoms with Crippen molar-refractivity contribution in [2.75, 3.05) is 12.4 Å². The number of carboxylic acid groups (broad SMARTS) is 1. The number of anilines is 1. The molecule has 0 radical (unpaired) electrons. The van der Waals surface area contributed by atoms with E-state index in [-0.39, 0.29) is 5.56 Å². The molecule has 1 aromatic carbocycles. The number of aromatic carboxylic acids is 1. The van der Waals surface area contributed by atoms with E-state index in [2.05, 4.69) is 17.9 Å². The Morgan fingerprint density at radius 3 is 2.36 bits per heavy atom. The predicted octanol–water partition coefficient (Wildman–Crippen LogP) is 2.74. The molecule has 4 heteroatoms. The number of nitrogens with one attached hydrogen (secondary N) is 1. The third-order valence-corrected chi connectivity index (χ3v) is 1.88. The van der Waals surface area contributed by atoms with Crippen molar-refractivity contribution in [3.8, 4) is 0 Å². The van der Waals surface area contributed by atoms with Gasteiger partial charge < -0.3 is 10.4 Å². The van der Waals surface area contributed by atoms with E-state index in [0.29, 0.717) is 4.90 Å². The molecule has 0 aliphatic heterocycles. The molecule has 0 fully saturated rings. The lowest BCUT2D eigenvalue weighted by Gasteiger charge is -2.03. The average molecular weight is 213 g/mol. The van der Waals surface area contributed by atoms with Crippen molar-refractivity contribution >= 4 is 24.3 Å². The summed E-state index contributed by atoms with van der Waals surface area (Å²) in [6.07, 6.45) is 0. The molecule has 0 saturated heterocycles. The largest absolute Gasteiger partial charge is 0.478 e. The van der Waals surface area contributed by atoms with Gasteiger partial charge in [-0.25, -0.2) is 4.79 Å². The van der Waals surface area contributed by atoms with Crippen LogP contribution in [0.5, 0.6) is 0 Å². The maximum absolute atomic E-state index is 10.5. The molecule has 0 bridgehead atoms. The van der Waals surface area contributed by atoms with Crippen molar-refractivity contribution in [3.63, 3.8) is 0 Å². The number of hydrogen-bond acceptors (Lipinski definition) is 3. The highest BCUT2D eigenvalue weighted by Gasteiger charge is 2.04. The first-order valence-electron chi connectivity index (χ1n) is 4.39. The highest BCUT2D eigenvalue weighted by Crippen LogP contribution is 2.20. The summed E-state index contributed by atoms with van der Waals surface area (Å²) < 4.78 is 0. The fraction of sp³-hybridized carbons (Fsp3) is 0.300. The van der Waals surface area contributed by atoms with Crippen LogP contribution in [0.3, 0.4) is 0 Å². The van der Waals surface area contributed by atoms with Gasteiger partial charge in [-0.15, -0.1) is 12.6 Å². The van der Waals surface area contributed by atoms with Crippen LogP contribution in [0.1, 0.15) is 24.2 Å². The van der Waals surface area contributed by atoms with Gasteiger partial charge in [-0.1, -0.05) is 13.8 Å². The van der Waals surface area contributed by atoms with Crippen LogP contribution >= 0.6 is 12.6 Å². The lowest BCUT2D eigenvalue weighted by molar-refractivity contribution is 0.0696. The Bertz CT molecular complexity index is 313. The molecule has 1 aromatic rings. The van der Waals surface area contributed by atoms with E-state index >= 15 is 0 Å². The molecule has 14 heavy (non-hydrogen) atoms. The molecule has 1 rings (SSSR count). The number of thiol groups is 1. The summed E-state index contributed by atoms with van der Waals surface area (Å²) in [5.41, 5.74) is 1.07. The molecule has 0 heterocycles. The molecule has 78 valence electrons. The Hall–Kier alpha value is -1.16. The van der Waals surface area contributed by atoms with Crippen molar-refractivity contribution in [2.24, 2.45) is 0 Å². The molecule has 0 aliphatic carbocycles. The van der Waals surface area contributed by atoms with Gasteiger partial charge in [0.25, 0.3) is 0 Å². The zero-order chi connectivity index (χ0) is 11.1. The molecule has 0 unspecified atom stereocenters. The molecular weight excluding hydrogens is 198 g/mol. The van der Waals surface area contributed by atoms with Crippen LogP contribution < -0.4 is 5.32 Å². The van der Waals surface area contributed by atoms with Crippen LogP contribution in [-0.2, 0) is 0 Å². The molecule has 0 spiro atoms. The minimum atomic E-state index is -0.937. The van der Waals surface area contributed by atoms with Crippen LogP contribution in [0.25, 0.3) is 0 Å². The molecule has 0 aromatic heterocycles. The molecule has 0 aliphatic rings. The molecular formula is C10H15NO2S. The summed E-state index contributed by atoms with van der Waals surface area (Å²) in [6.45, 7) is 4.00. The van der Waals surface area contributed by atoms with Gasteiger partial charge in [0.2, 0.25) is 0 Å². The zero-order valence-electron chi connectivity index (χ0n) is 8.53. The van der Waals surface area contributed by atoms with Crippen molar-refractivity contribution < 1.29 is 9.90 Å². The monoisotopic (exact) mass is 213 g/mol. The molecule has 0 atom stereocenters. The van der Waals surface area contributed by atoms with Crippen LogP contribution in [-0.4, -0.2) is 18.1 Å². The first kappa shape index (κ1) is 12.8. The fourth-order valence-corrected chi connectivity index (χ4v) is 1.20. The Balaban J connectivity index is 0.000000791. The Morgan fingerprint density at radius 2 is 2.00 bits per heavy atom. The van der Waals surface area contributed by atoms with Crippen molar-refractivity contribution in [2.45, 2.75) is 18.7 Å². The van der Waals surface area contributed by atoms with Crippen LogP contribution in [0.2, 0.25) is 0 Å². The highest BCUT2D eigenvalue weighted by atomic mass is 32.1. The summed E-state index contributed by atoms with van der Waals surface area (Å²) in [7, 11) is 1.76. The third-order valence-electron chi connectivity index (χ3n) is 1.51. The van der Waals surface area contributed by atoms with Gasteiger partial charge in [0.05, 0.1) is 5.56 Å². The van der Waals surface area contributed by atoms with E-state index in [9.17, 15) is 4.79 Å². The van der Waals surface area contributed by atoms with Crippen molar-refractivity contribution in [1.82, 2.24) is 0 Å². The maximum atomic E-state index is 10.5. The minimum absolute atomic E-state index is 0.249. The lowest BCUT2D eigenvalue weighted by Crippen LogP contribution is -1.97. The van der Waals surface area contributed by atoms with E-state index in [1.807, 2.05) is 13.8 Å². The number of carboxylic acids is 1. The van der Waals surface area contributed by atoms with Crippen LogP contribution in [0.4, 0.5) is 5.69 Å². The first-order valence-corrected chi connectivity index (χ1v) is 4.84. The van der Waals surface area contributed by atoms with Gasteiger partial charge in [0, 0.05) is 17.6 Å². The standard InChI is InChI=1S/C8H9NO2S.C2H6/c1-9-6-3-2-5(8(10)11)4-7(6)12;1-2/h2-4,9,12H,1H3,(H,10,11);1-2H3. The summed E-state index contributed by atoms with van der Waals surface area (Å²) in [5, 5.41) is 11.5. The van der Waals surface area contributed by atoms with E-state index in [0.717, 1.165) is 5.69 Å². The number of rotatable bonds is 2. The van der Waals surface area contributed by atoms with E-state index < -0.39 is 5.97 Å². The van der Waals surface area contributed by atoms with Gasteiger partial charge in [0.1, 0.15) is 0 Å². The molecule has 3 nitrogen and oxygen atoms in total. The summed E-state index contributed by atoms with van der Waals surface area (Å²) in [5.74, 6) is -0.937. The van der Waals surface area contributed by atoms with Gasteiger partial charge in [-0.05, 0) is 18.2 Å². The Morgan fingerprint density at radius 1 is 1.43 bits per heavy atom. The van der Waals surface area contributed by atoms with Crippen molar-refractivity contribution in [1.29, 1.82) is 0 Å². The van der Waals surface area contributed by atoms with Crippen LogP contribution in [0, 0.1) is 0 Å². The Labute approximate surface area is 89.6 Å². The number of hydrogen-bond donors (Lipinski definition) is 3. The topological polar surface area (TPSA) is 49.3 Å². The predicted molar refractivity (Wildman–Crippen MR) is 61.5 cm³/mol. The number of benzene rings is 1. The average Bonchev–Trinajstić information content (AvgIpc) is 2.20. The molecule has 0 saturated carbocycles. The SMILES string of the molecule is CC.CNc1ccc(C(=O)O)cc1S. The van der Waals surface area contributed by atoms with Gasteiger partial charge in [0.15, 0.2) is 0 Å². The number of carbonyl (C=O) groups is 1. The van der Waals surface area contributed by atoms with Gasteiger partial charge in [-0.3, -0.25) is 0 Å². The second-order valence-corrected chi connectivity index (χ2v) is 2.77. The second kappa shape index (κ2) is 6.32. The summed E-state index contributed by atoms with van der Waals surface area (Å²) in [6, 6.07) is 4.73. The maximum Gasteiger partial charge on any atom is 0.335 e. The fourth-order valence-electron chi connectivity index (χ4n) is 0.876. The summed E-state index contributed by atoms with van der Waals surface area (Å²) >= 11 is 4.12.